The van der Waals surface area contributed by atoms with Crippen LogP contribution in [0.25, 0.3) is 0 Å². The van der Waals surface area contributed by atoms with Gasteiger partial charge in [0.15, 0.2) is 0 Å². The molecular formula is C8H20O12U. The summed E-state index contributed by atoms with van der Waals surface area (Å²) in [5.41, 5.74) is 0. The van der Waals surface area contributed by atoms with Crippen molar-refractivity contribution < 1.29 is 92.6 Å². The zero-order valence-electron chi connectivity index (χ0n) is 11.8. The van der Waals surface area contributed by atoms with Crippen molar-refractivity contribution in [2.45, 2.75) is 27.7 Å². The third kappa shape index (κ3) is 3500. The molecule has 0 atom stereocenters. The van der Waals surface area contributed by atoms with Crippen molar-refractivity contribution in [3.05, 3.63) is 0 Å². The van der Waals surface area contributed by atoms with Gasteiger partial charge >= 0.3 is 31.1 Å². The molecule has 13 heteroatoms. The van der Waals surface area contributed by atoms with E-state index >= 15 is 0 Å². The summed E-state index contributed by atoms with van der Waals surface area (Å²) in [6, 6.07) is 0. The summed E-state index contributed by atoms with van der Waals surface area (Å²) >= 11 is 0. The predicted molar refractivity (Wildman–Crippen MR) is 57.2 cm³/mol. The number of carbonyl (C=O) groups is 4. The molecule has 21 heavy (non-hydrogen) atoms. The molecule has 12 nitrogen and oxygen atoms in total. The molecular weight excluding hydrogens is 526 g/mol. The fourth-order valence-electron chi connectivity index (χ4n) is 0. The maximum absolute atomic E-state index is 8.89. The summed E-state index contributed by atoms with van der Waals surface area (Å²) in [6.45, 7) is 3.89. The van der Waals surface area contributed by atoms with Gasteiger partial charge in [-0.25, -0.2) is 0 Å². The zero-order valence-corrected chi connectivity index (χ0v) is 15.9. The molecule has 0 bridgehead atoms. The monoisotopic (exact) mass is 546 g/mol. The van der Waals surface area contributed by atoms with E-state index in [1.165, 1.54) is 0 Å². The van der Waals surface area contributed by atoms with Gasteiger partial charge in [-0.3, -0.25) is 0 Å². The van der Waals surface area contributed by atoms with Gasteiger partial charge in [0.05, 0.1) is 0 Å². The first kappa shape index (κ1) is 60.0. The first-order chi connectivity index (χ1) is 6.93. The molecule has 0 saturated heterocycles. The molecule has 0 rings (SSSR count). The van der Waals surface area contributed by atoms with Crippen LogP contribution in [-0.2, 0) is 19.2 Å². The summed E-state index contributed by atoms with van der Waals surface area (Å²) in [7, 11) is 0. The number of aliphatic carboxylic acids is 4. The Morgan fingerprint density at radius 1 is 0.476 bits per heavy atom. The molecule has 0 aliphatic rings. The van der Waals surface area contributed by atoms with Crippen LogP contribution in [0.2, 0.25) is 0 Å². The minimum Gasteiger partial charge on any atom is -0.550 e. The molecule has 0 aromatic rings. The Morgan fingerprint density at radius 3 is 0.476 bits per heavy atom. The number of hydrogen-bond donors (Lipinski definition) is 0. The Balaban J connectivity index is -0.0000000121. The van der Waals surface area contributed by atoms with E-state index in [1.54, 1.807) is 0 Å². The average molecular weight is 546 g/mol. The van der Waals surface area contributed by atoms with Crippen molar-refractivity contribution in [1.29, 1.82) is 0 Å². The largest absolute Gasteiger partial charge is 4.00 e. The second-order valence-corrected chi connectivity index (χ2v) is 1.97. The molecule has 0 aliphatic carbocycles. The SMILES string of the molecule is CC(=O)[O-].CC(=O)[O-].CC(=O)[O-].CC(=O)[O-].O.O.O.O.[U+4]. The van der Waals surface area contributed by atoms with Crippen LogP contribution in [0.1, 0.15) is 27.7 Å². The second kappa shape index (κ2) is 51.1. The van der Waals surface area contributed by atoms with Crippen molar-refractivity contribution >= 4 is 23.9 Å². The van der Waals surface area contributed by atoms with Gasteiger partial charge in [0.25, 0.3) is 0 Å². The molecule has 0 heterocycles. The molecule has 0 amide bonds. The Bertz CT molecular complexity index is 165. The van der Waals surface area contributed by atoms with Gasteiger partial charge < -0.3 is 61.5 Å². The average Bonchev–Trinajstić information content (AvgIpc) is 1.76. The third-order valence-corrected chi connectivity index (χ3v) is 0. The van der Waals surface area contributed by atoms with Gasteiger partial charge in [0, 0.05) is 23.9 Å². The normalized spacial score (nSPS) is 4.76. The van der Waals surface area contributed by atoms with Crippen LogP contribution in [0.3, 0.4) is 0 Å². The van der Waals surface area contributed by atoms with E-state index in [1.807, 2.05) is 0 Å². The fourth-order valence-corrected chi connectivity index (χ4v) is 0. The van der Waals surface area contributed by atoms with Crippen molar-refractivity contribution in [2.24, 2.45) is 0 Å². The van der Waals surface area contributed by atoms with E-state index in [0.717, 1.165) is 27.7 Å². The second-order valence-electron chi connectivity index (χ2n) is 1.97. The van der Waals surface area contributed by atoms with Gasteiger partial charge in [-0.15, -0.1) is 0 Å². The fraction of sp³-hybridized carbons (Fsp3) is 0.500. The van der Waals surface area contributed by atoms with Gasteiger partial charge in [0.1, 0.15) is 0 Å². The van der Waals surface area contributed by atoms with Gasteiger partial charge in [-0.2, -0.15) is 0 Å². The molecule has 0 fully saturated rings. The van der Waals surface area contributed by atoms with Crippen LogP contribution in [0.4, 0.5) is 0 Å². The molecule has 8 N–H and O–H groups in total. The summed E-state index contributed by atoms with van der Waals surface area (Å²) in [5.74, 6) is -4.33. The first-order valence-corrected chi connectivity index (χ1v) is 3.63. The van der Waals surface area contributed by atoms with Crippen molar-refractivity contribution in [3.63, 3.8) is 0 Å². The molecule has 128 valence electrons. The number of rotatable bonds is 0. The quantitative estimate of drug-likeness (QED) is 0.280. The predicted octanol–water partition coefficient (Wildman–Crippen LogP) is -8.27. The van der Waals surface area contributed by atoms with Gasteiger partial charge in [0.2, 0.25) is 0 Å². The van der Waals surface area contributed by atoms with E-state index in [-0.39, 0.29) is 53.0 Å². The Kier molecular flexibility index (Phi) is 146. The van der Waals surface area contributed by atoms with Crippen molar-refractivity contribution in [1.82, 2.24) is 0 Å². The standard InChI is InChI=1S/4C2H4O2.4H2O.U/c4*1-2(3)4;;;;;/h4*1H3,(H,3,4);4*1H2;/q;;;;;;;;+4/p-4. The van der Waals surface area contributed by atoms with Crippen LogP contribution in [-0.4, -0.2) is 45.8 Å². The Labute approximate surface area is 144 Å². The number of carboxylic acids is 4. The molecule has 0 radical (unpaired) electrons. The topological polar surface area (TPSA) is 287 Å². The molecule has 0 spiro atoms. The molecule has 0 aromatic carbocycles. The third-order valence-electron chi connectivity index (χ3n) is 0. The minimum absolute atomic E-state index is 0. The van der Waals surface area contributed by atoms with E-state index in [2.05, 4.69) is 0 Å². The molecule has 0 aromatic heterocycles. The van der Waals surface area contributed by atoms with Gasteiger partial charge in [-0.1, -0.05) is 0 Å². The van der Waals surface area contributed by atoms with E-state index in [9.17, 15) is 0 Å². The zero-order chi connectivity index (χ0) is 14.3. The Morgan fingerprint density at radius 2 is 0.476 bits per heavy atom. The summed E-state index contributed by atoms with van der Waals surface area (Å²) < 4.78 is 0. The van der Waals surface area contributed by atoms with Crippen molar-refractivity contribution in [2.75, 3.05) is 0 Å². The maximum atomic E-state index is 8.89. The minimum atomic E-state index is -1.08. The van der Waals surface area contributed by atoms with Crippen LogP contribution < -0.4 is 20.4 Å². The summed E-state index contributed by atoms with van der Waals surface area (Å²) in [5, 5.41) is 35.6. The van der Waals surface area contributed by atoms with Crippen LogP contribution >= 0.6 is 0 Å². The summed E-state index contributed by atoms with van der Waals surface area (Å²) in [4.78, 5) is 35.6. The first-order valence-electron chi connectivity index (χ1n) is 3.63. The molecule has 0 aliphatic heterocycles. The van der Waals surface area contributed by atoms with E-state index in [0.29, 0.717) is 0 Å². The Hall–Kier alpha value is -1.23. The maximum Gasteiger partial charge on any atom is 4.00 e. The van der Waals surface area contributed by atoms with E-state index in [4.69, 9.17) is 39.6 Å². The molecule has 0 saturated carbocycles. The van der Waals surface area contributed by atoms with Crippen molar-refractivity contribution in [3.8, 4) is 0 Å². The molecule has 0 unspecified atom stereocenters. The van der Waals surface area contributed by atoms with Gasteiger partial charge in [-0.05, 0) is 27.7 Å². The van der Waals surface area contributed by atoms with Crippen LogP contribution in [0.5, 0.6) is 0 Å². The number of hydrogen-bond acceptors (Lipinski definition) is 8. The number of carbonyl (C=O) groups excluding carboxylic acids is 4. The van der Waals surface area contributed by atoms with Crippen LogP contribution in [0, 0.1) is 31.1 Å². The summed E-state index contributed by atoms with van der Waals surface area (Å²) in [6.07, 6.45) is 0. The van der Waals surface area contributed by atoms with E-state index < -0.39 is 23.9 Å². The number of carboxylic acid groups (broad SMARTS) is 4. The smallest absolute Gasteiger partial charge is 0.550 e. The van der Waals surface area contributed by atoms with Crippen LogP contribution in [0.15, 0.2) is 0 Å².